The summed E-state index contributed by atoms with van der Waals surface area (Å²) >= 11 is 0. The van der Waals surface area contributed by atoms with Crippen LogP contribution in [0.25, 0.3) is 0 Å². The van der Waals surface area contributed by atoms with Gasteiger partial charge in [-0.2, -0.15) is 5.26 Å². The Balaban J connectivity index is 3.05. The number of hydrogen-bond donors (Lipinski definition) is 2. The van der Waals surface area contributed by atoms with Gasteiger partial charge in [-0.15, -0.1) is 0 Å². The number of nitrogens with zero attached hydrogens (tertiary/aromatic N) is 2. The lowest BCUT2D eigenvalue weighted by molar-refractivity contribution is -0.384. The molecule has 0 saturated carbocycles. The van der Waals surface area contributed by atoms with Crippen LogP contribution in [0, 0.1) is 27.4 Å². The Labute approximate surface area is 105 Å². The van der Waals surface area contributed by atoms with Gasteiger partial charge in [0.2, 0.25) is 0 Å². The van der Waals surface area contributed by atoms with Crippen LogP contribution in [-0.4, -0.2) is 22.7 Å². The highest BCUT2D eigenvalue weighted by Gasteiger charge is 2.18. The summed E-state index contributed by atoms with van der Waals surface area (Å²) in [5.74, 6) is -0.0460. The van der Waals surface area contributed by atoms with E-state index in [0.717, 1.165) is 0 Å². The molecule has 6 heteroatoms. The minimum Gasteiger partial charge on any atom is -0.396 e. The van der Waals surface area contributed by atoms with Crippen LogP contribution in [0.4, 0.5) is 11.4 Å². The molecule has 0 amide bonds. The maximum absolute atomic E-state index is 10.9. The zero-order valence-corrected chi connectivity index (χ0v) is 10.3. The molecule has 0 spiro atoms. The lowest BCUT2D eigenvalue weighted by atomic mass is 10.0. The van der Waals surface area contributed by atoms with Crippen LogP contribution >= 0.6 is 0 Å². The summed E-state index contributed by atoms with van der Waals surface area (Å²) < 4.78 is 0. The summed E-state index contributed by atoms with van der Waals surface area (Å²) in [5, 5.41) is 31.7. The van der Waals surface area contributed by atoms with Crippen molar-refractivity contribution in [1.29, 1.82) is 5.26 Å². The highest BCUT2D eigenvalue weighted by Crippen LogP contribution is 2.26. The Morgan fingerprint density at radius 2 is 2.22 bits per heavy atom. The Morgan fingerprint density at radius 3 is 2.72 bits per heavy atom. The molecule has 0 aliphatic rings. The van der Waals surface area contributed by atoms with Gasteiger partial charge in [-0.05, 0) is 25.0 Å². The fraction of sp³-hybridized carbons (Fsp3) is 0.417. The summed E-state index contributed by atoms with van der Waals surface area (Å²) in [6, 6.07) is 5.95. The van der Waals surface area contributed by atoms with Gasteiger partial charge in [0.25, 0.3) is 5.69 Å². The third-order valence-corrected chi connectivity index (χ3v) is 2.85. The standard InChI is InChI=1S/C12H15N3O3/c1-8(7-16)9(2)14-11-5-10(6-13)3-4-12(11)15(17)18/h3-5,8-9,14,16H,7H2,1-2H3. The van der Waals surface area contributed by atoms with E-state index in [0.29, 0.717) is 11.3 Å². The van der Waals surface area contributed by atoms with E-state index in [1.165, 1.54) is 18.2 Å². The second kappa shape index (κ2) is 5.98. The predicted octanol–water partition coefficient (Wildman–Crippen LogP) is 1.90. The molecule has 0 heterocycles. The molecule has 2 atom stereocenters. The number of aliphatic hydroxyl groups excluding tert-OH is 1. The number of aliphatic hydroxyl groups is 1. The molecule has 0 aromatic heterocycles. The normalized spacial score (nSPS) is 13.4. The van der Waals surface area contributed by atoms with Crippen LogP contribution in [-0.2, 0) is 0 Å². The van der Waals surface area contributed by atoms with Crippen LogP contribution in [0.15, 0.2) is 18.2 Å². The number of nitrogens with one attached hydrogen (secondary N) is 1. The number of anilines is 1. The van der Waals surface area contributed by atoms with E-state index in [1.54, 1.807) is 0 Å². The number of hydrogen-bond acceptors (Lipinski definition) is 5. The summed E-state index contributed by atoms with van der Waals surface area (Å²) in [4.78, 5) is 10.4. The first-order valence-electron chi connectivity index (χ1n) is 5.55. The maximum Gasteiger partial charge on any atom is 0.292 e. The fourth-order valence-electron chi connectivity index (χ4n) is 1.43. The SMILES string of the molecule is CC(CO)C(C)Nc1cc(C#N)ccc1[N+](=O)[O-]. The molecular formula is C12H15N3O3. The molecule has 2 N–H and O–H groups in total. The molecule has 0 bridgehead atoms. The molecule has 0 radical (unpaired) electrons. The smallest absolute Gasteiger partial charge is 0.292 e. The summed E-state index contributed by atoms with van der Waals surface area (Å²) in [5.41, 5.74) is 0.574. The van der Waals surface area contributed by atoms with Crippen molar-refractivity contribution in [2.75, 3.05) is 11.9 Å². The van der Waals surface area contributed by atoms with Gasteiger partial charge in [0.15, 0.2) is 0 Å². The number of benzene rings is 1. The zero-order valence-electron chi connectivity index (χ0n) is 10.3. The average Bonchev–Trinajstić information content (AvgIpc) is 2.37. The van der Waals surface area contributed by atoms with Crippen LogP contribution in [0.5, 0.6) is 0 Å². The van der Waals surface area contributed by atoms with Gasteiger partial charge in [0.05, 0.1) is 16.6 Å². The van der Waals surface area contributed by atoms with E-state index in [9.17, 15) is 10.1 Å². The Hall–Kier alpha value is -2.13. The Morgan fingerprint density at radius 1 is 1.56 bits per heavy atom. The monoisotopic (exact) mass is 249 g/mol. The molecule has 2 unspecified atom stereocenters. The minimum absolute atomic E-state index is 0.0140. The van der Waals surface area contributed by atoms with Gasteiger partial charge < -0.3 is 10.4 Å². The van der Waals surface area contributed by atoms with E-state index in [2.05, 4.69) is 5.32 Å². The number of rotatable bonds is 5. The van der Waals surface area contributed by atoms with Crippen molar-refractivity contribution in [2.24, 2.45) is 5.92 Å². The molecule has 1 aromatic carbocycles. The highest BCUT2D eigenvalue weighted by molar-refractivity contribution is 5.64. The number of nitriles is 1. The van der Waals surface area contributed by atoms with Crippen molar-refractivity contribution in [2.45, 2.75) is 19.9 Å². The van der Waals surface area contributed by atoms with E-state index in [-0.39, 0.29) is 24.3 Å². The molecule has 0 saturated heterocycles. The third-order valence-electron chi connectivity index (χ3n) is 2.85. The average molecular weight is 249 g/mol. The van der Waals surface area contributed by atoms with Crippen LogP contribution in [0.3, 0.4) is 0 Å². The Kier molecular flexibility index (Phi) is 4.63. The summed E-state index contributed by atoms with van der Waals surface area (Å²) in [6.07, 6.45) is 0. The van der Waals surface area contributed by atoms with Crippen molar-refractivity contribution in [3.63, 3.8) is 0 Å². The van der Waals surface area contributed by atoms with E-state index < -0.39 is 4.92 Å². The van der Waals surface area contributed by atoms with Crippen molar-refractivity contribution >= 4 is 11.4 Å². The second-order valence-corrected chi connectivity index (χ2v) is 4.19. The highest BCUT2D eigenvalue weighted by atomic mass is 16.6. The van der Waals surface area contributed by atoms with Crippen molar-refractivity contribution in [3.05, 3.63) is 33.9 Å². The molecule has 0 aliphatic heterocycles. The van der Waals surface area contributed by atoms with Crippen molar-refractivity contribution < 1.29 is 10.0 Å². The third kappa shape index (κ3) is 3.18. The van der Waals surface area contributed by atoms with Gasteiger partial charge in [-0.3, -0.25) is 10.1 Å². The first kappa shape index (κ1) is 13.9. The summed E-state index contributed by atoms with van der Waals surface area (Å²) in [6.45, 7) is 3.64. The lowest BCUT2D eigenvalue weighted by Gasteiger charge is -2.20. The molecular weight excluding hydrogens is 234 g/mol. The fourth-order valence-corrected chi connectivity index (χ4v) is 1.43. The molecule has 0 aliphatic carbocycles. The largest absolute Gasteiger partial charge is 0.396 e. The first-order chi connectivity index (χ1) is 8.49. The molecule has 0 fully saturated rings. The predicted molar refractivity (Wildman–Crippen MR) is 67.1 cm³/mol. The topological polar surface area (TPSA) is 99.2 Å². The van der Waals surface area contributed by atoms with Gasteiger partial charge in [0, 0.05) is 18.7 Å². The van der Waals surface area contributed by atoms with Crippen molar-refractivity contribution in [1.82, 2.24) is 0 Å². The Bertz CT molecular complexity index is 482. The van der Waals surface area contributed by atoms with Crippen molar-refractivity contribution in [3.8, 4) is 6.07 Å². The second-order valence-electron chi connectivity index (χ2n) is 4.19. The van der Waals surface area contributed by atoms with Crippen LogP contribution < -0.4 is 5.32 Å². The van der Waals surface area contributed by atoms with Gasteiger partial charge >= 0.3 is 0 Å². The van der Waals surface area contributed by atoms with Gasteiger partial charge in [-0.1, -0.05) is 6.92 Å². The van der Waals surface area contributed by atoms with Gasteiger partial charge in [-0.25, -0.2) is 0 Å². The number of nitro groups is 1. The van der Waals surface area contributed by atoms with Crippen LogP contribution in [0.1, 0.15) is 19.4 Å². The first-order valence-corrected chi connectivity index (χ1v) is 5.55. The van der Waals surface area contributed by atoms with E-state index in [1.807, 2.05) is 19.9 Å². The van der Waals surface area contributed by atoms with E-state index in [4.69, 9.17) is 10.4 Å². The van der Waals surface area contributed by atoms with Gasteiger partial charge in [0.1, 0.15) is 5.69 Å². The zero-order chi connectivity index (χ0) is 13.7. The lowest BCUT2D eigenvalue weighted by Crippen LogP contribution is -2.26. The minimum atomic E-state index is -0.500. The molecule has 1 rings (SSSR count). The van der Waals surface area contributed by atoms with Crippen LogP contribution in [0.2, 0.25) is 0 Å². The molecule has 18 heavy (non-hydrogen) atoms. The molecule has 6 nitrogen and oxygen atoms in total. The molecule has 96 valence electrons. The quantitative estimate of drug-likeness (QED) is 0.613. The number of nitro benzene ring substituents is 1. The molecule has 1 aromatic rings. The summed E-state index contributed by atoms with van der Waals surface area (Å²) in [7, 11) is 0. The maximum atomic E-state index is 10.9. The van der Waals surface area contributed by atoms with E-state index >= 15 is 0 Å².